The fraction of sp³-hybridized carbons (Fsp3) is 0.550. The van der Waals surface area contributed by atoms with Gasteiger partial charge in [0.15, 0.2) is 0 Å². The van der Waals surface area contributed by atoms with Crippen molar-refractivity contribution in [3.05, 3.63) is 49.8 Å². The molecule has 150 valence electrons. The van der Waals surface area contributed by atoms with E-state index >= 15 is 0 Å². The van der Waals surface area contributed by atoms with E-state index in [0.717, 1.165) is 56.0 Å². The number of aromatic amines is 1. The normalized spacial score (nSPS) is 20.2. The van der Waals surface area contributed by atoms with Crippen molar-refractivity contribution in [3.8, 4) is 0 Å². The van der Waals surface area contributed by atoms with Crippen LogP contribution in [0.2, 0.25) is 0 Å². The fourth-order valence-electron chi connectivity index (χ4n) is 4.09. The summed E-state index contributed by atoms with van der Waals surface area (Å²) in [4.78, 5) is 38.2. The van der Waals surface area contributed by atoms with Crippen LogP contribution in [0.25, 0.3) is 0 Å². The highest BCUT2D eigenvalue weighted by atomic mass is 32.1. The number of hydrogen-bond donors (Lipinski definition) is 1. The van der Waals surface area contributed by atoms with Crippen molar-refractivity contribution in [2.24, 2.45) is 0 Å². The summed E-state index contributed by atoms with van der Waals surface area (Å²) in [5, 5.41) is 2.08. The van der Waals surface area contributed by atoms with Crippen molar-refractivity contribution >= 4 is 17.2 Å². The van der Waals surface area contributed by atoms with Crippen LogP contribution in [0.4, 0.5) is 0 Å². The molecule has 8 heteroatoms. The standard InChI is InChI=1S/C20H26N4O3S/c1-27-13-18(25)24-7-2-4-14(10-24)19-21-17-6-8-23(11-15-5-3-9-28-15)12-16(17)20(26)22-19/h3,5,9,14H,2,4,6-8,10-13H2,1H3,(H,21,22,26). The van der Waals surface area contributed by atoms with Gasteiger partial charge in [0.05, 0.1) is 11.3 Å². The molecule has 1 fully saturated rings. The zero-order valence-corrected chi connectivity index (χ0v) is 17.0. The minimum atomic E-state index is -0.0313. The highest BCUT2D eigenvalue weighted by molar-refractivity contribution is 7.09. The van der Waals surface area contributed by atoms with Gasteiger partial charge in [-0.1, -0.05) is 6.07 Å². The second-order valence-electron chi connectivity index (χ2n) is 7.53. The molecule has 0 spiro atoms. The van der Waals surface area contributed by atoms with Crippen LogP contribution in [0.3, 0.4) is 0 Å². The lowest BCUT2D eigenvalue weighted by Crippen LogP contribution is -2.42. The van der Waals surface area contributed by atoms with Gasteiger partial charge in [-0.05, 0) is 24.3 Å². The van der Waals surface area contributed by atoms with Gasteiger partial charge in [-0.15, -0.1) is 11.3 Å². The number of nitrogens with one attached hydrogen (secondary N) is 1. The molecule has 4 rings (SSSR count). The van der Waals surface area contributed by atoms with Crippen LogP contribution in [0, 0.1) is 0 Å². The third-order valence-corrected chi connectivity index (χ3v) is 6.42. The van der Waals surface area contributed by atoms with Crippen molar-refractivity contribution in [3.63, 3.8) is 0 Å². The number of piperidine rings is 1. The van der Waals surface area contributed by atoms with E-state index in [1.807, 2.05) is 4.90 Å². The van der Waals surface area contributed by atoms with E-state index in [1.54, 1.807) is 11.3 Å². The number of aromatic nitrogens is 2. The number of H-pyrrole nitrogens is 1. The molecule has 0 bridgehead atoms. The number of nitrogens with zero attached hydrogens (tertiary/aromatic N) is 3. The first kappa shape index (κ1) is 19.3. The van der Waals surface area contributed by atoms with Crippen LogP contribution in [0.15, 0.2) is 22.3 Å². The molecule has 0 radical (unpaired) electrons. The fourth-order valence-corrected chi connectivity index (χ4v) is 4.84. The molecular formula is C20H26N4O3S. The Morgan fingerprint density at radius 3 is 3.11 bits per heavy atom. The van der Waals surface area contributed by atoms with E-state index in [1.165, 1.54) is 12.0 Å². The first-order valence-corrected chi connectivity index (χ1v) is 10.7. The molecule has 1 amide bonds. The van der Waals surface area contributed by atoms with Crippen LogP contribution in [0.5, 0.6) is 0 Å². The molecule has 1 saturated heterocycles. The maximum Gasteiger partial charge on any atom is 0.255 e. The second-order valence-corrected chi connectivity index (χ2v) is 8.56. The summed E-state index contributed by atoms with van der Waals surface area (Å²) >= 11 is 1.74. The lowest BCUT2D eigenvalue weighted by atomic mass is 9.96. The van der Waals surface area contributed by atoms with Gasteiger partial charge in [-0.25, -0.2) is 4.98 Å². The van der Waals surface area contributed by atoms with Crippen LogP contribution >= 0.6 is 11.3 Å². The predicted octanol–water partition coefficient (Wildman–Crippen LogP) is 1.74. The number of hydrogen-bond acceptors (Lipinski definition) is 6. The van der Waals surface area contributed by atoms with Gasteiger partial charge in [0.25, 0.3) is 5.56 Å². The van der Waals surface area contributed by atoms with Crippen molar-refractivity contribution in [2.45, 2.75) is 38.3 Å². The maximum absolute atomic E-state index is 12.8. The first-order valence-electron chi connectivity index (χ1n) is 9.77. The number of rotatable bonds is 5. The molecule has 1 atom stereocenters. The van der Waals surface area contributed by atoms with Gasteiger partial charge in [0, 0.05) is 57.0 Å². The highest BCUT2D eigenvalue weighted by Gasteiger charge is 2.28. The number of carbonyl (C=O) groups excluding carboxylic acids is 1. The van der Waals surface area contributed by atoms with E-state index < -0.39 is 0 Å². The summed E-state index contributed by atoms with van der Waals surface area (Å²) in [5.41, 5.74) is 1.67. The smallest absolute Gasteiger partial charge is 0.255 e. The molecule has 2 aliphatic heterocycles. The van der Waals surface area contributed by atoms with E-state index in [2.05, 4.69) is 27.4 Å². The zero-order valence-electron chi connectivity index (χ0n) is 16.1. The molecule has 0 aromatic carbocycles. The molecule has 28 heavy (non-hydrogen) atoms. The van der Waals surface area contributed by atoms with Crippen molar-refractivity contribution < 1.29 is 9.53 Å². The average molecular weight is 403 g/mol. The number of fused-ring (bicyclic) bond motifs is 1. The lowest BCUT2D eigenvalue weighted by Gasteiger charge is -2.33. The Morgan fingerprint density at radius 2 is 2.32 bits per heavy atom. The minimum absolute atomic E-state index is 0.00303. The van der Waals surface area contributed by atoms with Crippen LogP contribution in [-0.2, 0) is 29.0 Å². The molecule has 1 N–H and O–H groups in total. The largest absolute Gasteiger partial charge is 0.375 e. The topological polar surface area (TPSA) is 78.5 Å². The summed E-state index contributed by atoms with van der Waals surface area (Å²) in [6.07, 6.45) is 2.63. The number of amides is 1. The summed E-state index contributed by atoms with van der Waals surface area (Å²) in [6, 6.07) is 4.19. The summed E-state index contributed by atoms with van der Waals surface area (Å²) in [5.74, 6) is 0.804. The maximum atomic E-state index is 12.8. The van der Waals surface area contributed by atoms with Gasteiger partial charge in [-0.2, -0.15) is 0 Å². The summed E-state index contributed by atoms with van der Waals surface area (Å²) in [6.45, 7) is 3.85. The van der Waals surface area contributed by atoms with Gasteiger partial charge < -0.3 is 14.6 Å². The minimum Gasteiger partial charge on any atom is -0.375 e. The SMILES string of the molecule is COCC(=O)N1CCCC(c2nc3c(c(=O)[nH]2)CN(Cc2cccs2)CC3)C1. The Bertz CT molecular complexity index is 880. The average Bonchev–Trinajstić information content (AvgIpc) is 3.21. The Morgan fingerprint density at radius 1 is 1.43 bits per heavy atom. The van der Waals surface area contributed by atoms with E-state index in [4.69, 9.17) is 9.72 Å². The monoisotopic (exact) mass is 402 g/mol. The number of methoxy groups -OCH3 is 1. The van der Waals surface area contributed by atoms with Crippen LogP contribution in [-0.4, -0.2) is 59.0 Å². The molecule has 4 heterocycles. The van der Waals surface area contributed by atoms with Crippen LogP contribution < -0.4 is 5.56 Å². The van der Waals surface area contributed by atoms with E-state index in [-0.39, 0.29) is 24.0 Å². The predicted molar refractivity (Wildman–Crippen MR) is 107 cm³/mol. The molecular weight excluding hydrogens is 376 g/mol. The van der Waals surface area contributed by atoms with E-state index in [9.17, 15) is 9.59 Å². The Kier molecular flexibility index (Phi) is 5.89. The number of likely N-dealkylation sites (tertiary alicyclic amines) is 1. The molecule has 2 aliphatic rings. The zero-order chi connectivity index (χ0) is 19.5. The van der Waals surface area contributed by atoms with E-state index in [0.29, 0.717) is 13.1 Å². The Labute approximate surface area is 168 Å². The Balaban J connectivity index is 1.48. The number of carbonyl (C=O) groups is 1. The van der Waals surface area contributed by atoms with Crippen molar-refractivity contribution in [2.75, 3.05) is 33.4 Å². The molecule has 7 nitrogen and oxygen atoms in total. The van der Waals surface area contributed by atoms with Gasteiger partial charge in [0.1, 0.15) is 12.4 Å². The highest BCUT2D eigenvalue weighted by Crippen LogP contribution is 2.26. The second kappa shape index (κ2) is 8.55. The van der Waals surface area contributed by atoms with Crippen molar-refractivity contribution in [1.82, 2.24) is 19.8 Å². The molecule has 2 aromatic heterocycles. The van der Waals surface area contributed by atoms with Crippen molar-refractivity contribution in [1.29, 1.82) is 0 Å². The first-order chi connectivity index (χ1) is 13.6. The van der Waals surface area contributed by atoms with Gasteiger partial charge >= 0.3 is 0 Å². The molecule has 1 unspecified atom stereocenters. The third kappa shape index (κ3) is 4.19. The third-order valence-electron chi connectivity index (χ3n) is 5.55. The number of thiophene rings is 1. The molecule has 0 saturated carbocycles. The molecule has 0 aliphatic carbocycles. The summed E-state index contributed by atoms with van der Waals surface area (Å²) in [7, 11) is 1.53. The van der Waals surface area contributed by atoms with Gasteiger partial charge in [-0.3, -0.25) is 14.5 Å². The van der Waals surface area contributed by atoms with Gasteiger partial charge in [0.2, 0.25) is 5.91 Å². The van der Waals surface area contributed by atoms with Crippen LogP contribution in [0.1, 0.15) is 40.7 Å². The summed E-state index contributed by atoms with van der Waals surface area (Å²) < 4.78 is 4.97. The quantitative estimate of drug-likeness (QED) is 0.824. The molecule has 2 aromatic rings. The Hall–Kier alpha value is -2.03. The lowest BCUT2D eigenvalue weighted by molar-refractivity contribution is -0.136. The number of ether oxygens (including phenoxy) is 1.